The van der Waals surface area contributed by atoms with E-state index in [-0.39, 0.29) is 24.3 Å². The molecule has 1 aliphatic rings. The second kappa shape index (κ2) is 7.24. The Morgan fingerprint density at radius 1 is 1.20 bits per heavy atom. The van der Waals surface area contributed by atoms with Crippen LogP contribution in [0.1, 0.15) is 52.5 Å². The van der Waals surface area contributed by atoms with Crippen LogP contribution < -0.4 is 10.6 Å². The molecule has 6 heteroatoms. The number of nitrogens with one attached hydrogen (secondary N) is 2. The summed E-state index contributed by atoms with van der Waals surface area (Å²) < 4.78 is 5.21. The van der Waals surface area contributed by atoms with Gasteiger partial charge >= 0.3 is 6.09 Å². The molecule has 0 heterocycles. The van der Waals surface area contributed by atoms with Gasteiger partial charge in [-0.05, 0) is 58.6 Å². The molecule has 1 aromatic rings. The zero-order valence-electron chi connectivity index (χ0n) is 15.5. The minimum Gasteiger partial charge on any atom is -0.444 e. The third-order valence-electron chi connectivity index (χ3n) is 3.97. The predicted octanol–water partition coefficient (Wildman–Crippen LogP) is 3.86. The number of amides is 2. The van der Waals surface area contributed by atoms with E-state index >= 15 is 0 Å². The number of halogens is 1. The molecule has 2 amide bonds. The lowest BCUT2D eigenvalue weighted by Gasteiger charge is -2.28. The molecule has 0 saturated heterocycles. The van der Waals surface area contributed by atoms with Crippen LogP contribution >= 0.6 is 11.6 Å². The SMILES string of the molecule is CC(C)(CNC(=O)OC(C)(C)C)NC(=O)C1CC1c1ccccc1Cl. The maximum absolute atomic E-state index is 12.5. The molecule has 5 nitrogen and oxygen atoms in total. The van der Waals surface area contributed by atoms with Gasteiger partial charge in [0.05, 0.1) is 5.54 Å². The van der Waals surface area contributed by atoms with Crippen molar-refractivity contribution >= 4 is 23.6 Å². The van der Waals surface area contributed by atoms with Crippen LogP contribution in [0.3, 0.4) is 0 Å². The summed E-state index contributed by atoms with van der Waals surface area (Å²) in [5.74, 6) is 0.0879. The molecular weight excluding hydrogens is 340 g/mol. The Morgan fingerprint density at radius 2 is 1.84 bits per heavy atom. The van der Waals surface area contributed by atoms with E-state index < -0.39 is 17.2 Å². The second-order valence-corrected chi connectivity index (χ2v) is 8.61. The number of benzene rings is 1. The highest BCUT2D eigenvalue weighted by molar-refractivity contribution is 6.31. The molecule has 1 saturated carbocycles. The van der Waals surface area contributed by atoms with Gasteiger partial charge in [-0.25, -0.2) is 4.79 Å². The van der Waals surface area contributed by atoms with Crippen molar-refractivity contribution in [2.24, 2.45) is 5.92 Å². The van der Waals surface area contributed by atoms with E-state index in [9.17, 15) is 9.59 Å². The lowest BCUT2D eigenvalue weighted by atomic mass is 10.0. The van der Waals surface area contributed by atoms with Gasteiger partial charge in [-0.1, -0.05) is 29.8 Å². The van der Waals surface area contributed by atoms with Crippen LogP contribution in [-0.2, 0) is 9.53 Å². The van der Waals surface area contributed by atoms with E-state index in [1.165, 1.54) is 0 Å². The zero-order chi connectivity index (χ0) is 18.8. The summed E-state index contributed by atoms with van der Waals surface area (Å²) in [6.07, 6.45) is 0.306. The summed E-state index contributed by atoms with van der Waals surface area (Å²) in [6, 6.07) is 7.63. The van der Waals surface area contributed by atoms with Crippen molar-refractivity contribution in [3.8, 4) is 0 Å². The van der Waals surface area contributed by atoms with E-state index in [1.54, 1.807) is 20.8 Å². The van der Waals surface area contributed by atoms with Gasteiger partial charge in [-0.2, -0.15) is 0 Å². The molecule has 2 N–H and O–H groups in total. The first-order valence-electron chi connectivity index (χ1n) is 8.52. The van der Waals surface area contributed by atoms with Crippen molar-refractivity contribution in [3.05, 3.63) is 34.9 Å². The number of alkyl carbamates (subject to hydrolysis) is 1. The number of ether oxygens (including phenoxy) is 1. The largest absolute Gasteiger partial charge is 0.444 e. The van der Waals surface area contributed by atoms with Crippen molar-refractivity contribution in [1.82, 2.24) is 10.6 Å². The first-order valence-corrected chi connectivity index (χ1v) is 8.90. The van der Waals surface area contributed by atoms with Crippen LogP contribution in [0.15, 0.2) is 24.3 Å². The quantitative estimate of drug-likeness (QED) is 0.831. The Labute approximate surface area is 154 Å². The third-order valence-corrected chi connectivity index (χ3v) is 4.31. The van der Waals surface area contributed by atoms with Crippen molar-refractivity contribution in [2.75, 3.05) is 6.54 Å². The lowest BCUT2D eigenvalue weighted by Crippen LogP contribution is -2.52. The Hall–Kier alpha value is -1.75. The van der Waals surface area contributed by atoms with E-state index in [0.29, 0.717) is 5.02 Å². The number of hydrogen-bond donors (Lipinski definition) is 2. The van der Waals surface area contributed by atoms with E-state index in [1.807, 2.05) is 38.1 Å². The molecule has 1 aliphatic carbocycles. The smallest absolute Gasteiger partial charge is 0.407 e. The van der Waals surface area contributed by atoms with Crippen molar-refractivity contribution in [1.29, 1.82) is 0 Å². The Morgan fingerprint density at radius 3 is 2.44 bits per heavy atom. The average molecular weight is 367 g/mol. The number of rotatable bonds is 5. The molecule has 1 fully saturated rings. The first kappa shape index (κ1) is 19.6. The van der Waals surface area contributed by atoms with Gasteiger partial charge in [0, 0.05) is 17.5 Å². The average Bonchev–Trinajstić information content (AvgIpc) is 3.24. The number of carbonyl (C=O) groups is 2. The maximum Gasteiger partial charge on any atom is 0.407 e. The molecule has 0 spiro atoms. The fourth-order valence-electron chi connectivity index (χ4n) is 2.68. The van der Waals surface area contributed by atoms with Gasteiger partial charge in [-0.3, -0.25) is 4.79 Å². The van der Waals surface area contributed by atoms with Crippen LogP contribution in [0.4, 0.5) is 4.79 Å². The maximum atomic E-state index is 12.5. The van der Waals surface area contributed by atoms with Crippen molar-refractivity contribution < 1.29 is 14.3 Å². The fraction of sp³-hybridized carbons (Fsp3) is 0.579. The highest BCUT2D eigenvalue weighted by atomic mass is 35.5. The highest BCUT2D eigenvalue weighted by Gasteiger charge is 2.45. The van der Waals surface area contributed by atoms with Gasteiger partial charge in [0.2, 0.25) is 5.91 Å². The molecule has 25 heavy (non-hydrogen) atoms. The minimum atomic E-state index is -0.568. The molecule has 2 rings (SSSR count). The zero-order valence-corrected chi connectivity index (χ0v) is 16.2. The predicted molar refractivity (Wildman–Crippen MR) is 98.8 cm³/mol. The van der Waals surface area contributed by atoms with Crippen LogP contribution in [0, 0.1) is 5.92 Å². The number of carbonyl (C=O) groups excluding carboxylic acids is 2. The molecule has 0 aliphatic heterocycles. The second-order valence-electron chi connectivity index (χ2n) is 8.20. The highest BCUT2D eigenvalue weighted by Crippen LogP contribution is 2.49. The summed E-state index contributed by atoms with van der Waals surface area (Å²) in [5.41, 5.74) is -0.0936. The summed E-state index contributed by atoms with van der Waals surface area (Å²) in [4.78, 5) is 24.2. The molecule has 0 radical (unpaired) electrons. The topological polar surface area (TPSA) is 67.4 Å². The van der Waals surface area contributed by atoms with Crippen LogP contribution in [-0.4, -0.2) is 29.7 Å². The van der Waals surface area contributed by atoms with Gasteiger partial charge in [-0.15, -0.1) is 0 Å². The Bertz CT molecular complexity index is 652. The molecular formula is C19H27ClN2O3. The summed E-state index contributed by atoms with van der Waals surface area (Å²) >= 11 is 6.21. The van der Waals surface area contributed by atoms with Gasteiger partial charge in [0.1, 0.15) is 5.60 Å². The molecule has 1 aromatic carbocycles. The van der Waals surface area contributed by atoms with Gasteiger partial charge in [0.25, 0.3) is 0 Å². The normalized spacial score (nSPS) is 19.9. The molecule has 0 aromatic heterocycles. The summed E-state index contributed by atoms with van der Waals surface area (Å²) in [6.45, 7) is 9.45. The minimum absolute atomic E-state index is 0.0130. The summed E-state index contributed by atoms with van der Waals surface area (Å²) in [7, 11) is 0. The molecule has 0 bridgehead atoms. The van der Waals surface area contributed by atoms with Crippen LogP contribution in [0.2, 0.25) is 5.02 Å². The van der Waals surface area contributed by atoms with Gasteiger partial charge < -0.3 is 15.4 Å². The van der Waals surface area contributed by atoms with Crippen molar-refractivity contribution in [3.63, 3.8) is 0 Å². The lowest BCUT2D eigenvalue weighted by molar-refractivity contribution is -0.124. The Balaban J connectivity index is 1.84. The molecule has 138 valence electrons. The van der Waals surface area contributed by atoms with Crippen LogP contribution in [0.5, 0.6) is 0 Å². The van der Waals surface area contributed by atoms with E-state index in [4.69, 9.17) is 16.3 Å². The van der Waals surface area contributed by atoms with Crippen LogP contribution in [0.25, 0.3) is 0 Å². The van der Waals surface area contributed by atoms with Gasteiger partial charge in [0.15, 0.2) is 0 Å². The molecule has 2 unspecified atom stereocenters. The monoisotopic (exact) mass is 366 g/mol. The summed E-state index contributed by atoms with van der Waals surface area (Å²) in [5, 5.41) is 6.40. The van der Waals surface area contributed by atoms with Crippen molar-refractivity contribution in [2.45, 2.75) is 58.1 Å². The Kier molecular flexibility index (Phi) is 5.67. The molecule has 2 atom stereocenters. The van der Waals surface area contributed by atoms with E-state index in [2.05, 4.69) is 10.6 Å². The first-order chi connectivity index (χ1) is 11.5. The third kappa shape index (κ3) is 5.92. The standard InChI is InChI=1S/C19H27ClN2O3/c1-18(2,3)25-17(24)21-11-19(4,5)22-16(23)14-10-13(14)12-8-6-7-9-15(12)20/h6-9,13-14H,10-11H2,1-5H3,(H,21,24)(H,22,23). The number of hydrogen-bond acceptors (Lipinski definition) is 3. The van der Waals surface area contributed by atoms with E-state index in [0.717, 1.165) is 12.0 Å². The fourth-order valence-corrected chi connectivity index (χ4v) is 2.96.